The average Bonchev–Trinajstić information content (AvgIpc) is 2.90. The summed E-state index contributed by atoms with van der Waals surface area (Å²) in [6.07, 6.45) is 5.14. The molecule has 1 aromatic carbocycles. The standard InChI is InChI=1S/C19H15FN4O/c1-12-5-13(9-21-8-12)11-24-17-7-15(10-22-18(17)23-19(24)25)14-3-2-4-16(20)6-14/h2-10H,11H2,1H3,(H,22,23,25). The van der Waals surface area contributed by atoms with Crippen molar-refractivity contribution in [1.29, 1.82) is 0 Å². The van der Waals surface area contributed by atoms with Gasteiger partial charge in [0.2, 0.25) is 0 Å². The van der Waals surface area contributed by atoms with Gasteiger partial charge in [-0.05, 0) is 41.8 Å². The van der Waals surface area contributed by atoms with Gasteiger partial charge in [-0.2, -0.15) is 0 Å². The van der Waals surface area contributed by atoms with E-state index in [0.717, 1.165) is 16.7 Å². The largest absolute Gasteiger partial charge is 0.327 e. The maximum atomic E-state index is 13.5. The SMILES string of the molecule is Cc1cncc(Cn2c(=O)[nH]c3ncc(-c4cccc(F)c4)cc32)c1. The highest BCUT2D eigenvalue weighted by Gasteiger charge is 2.11. The van der Waals surface area contributed by atoms with Crippen molar-refractivity contribution in [2.75, 3.05) is 0 Å². The lowest BCUT2D eigenvalue weighted by Crippen LogP contribution is -2.17. The average molecular weight is 334 g/mol. The minimum atomic E-state index is -0.310. The Labute approximate surface area is 142 Å². The van der Waals surface area contributed by atoms with Gasteiger partial charge in [0.15, 0.2) is 5.65 Å². The molecule has 0 radical (unpaired) electrons. The minimum absolute atomic E-state index is 0.236. The molecular weight excluding hydrogens is 319 g/mol. The van der Waals surface area contributed by atoms with Gasteiger partial charge >= 0.3 is 5.69 Å². The fourth-order valence-electron chi connectivity index (χ4n) is 2.90. The number of nitrogens with zero attached hydrogens (tertiary/aromatic N) is 3. The van der Waals surface area contributed by atoms with Gasteiger partial charge < -0.3 is 0 Å². The molecular formula is C19H15FN4O. The number of hydrogen-bond donors (Lipinski definition) is 1. The van der Waals surface area contributed by atoms with E-state index in [-0.39, 0.29) is 11.5 Å². The highest BCUT2D eigenvalue weighted by molar-refractivity contribution is 5.78. The van der Waals surface area contributed by atoms with E-state index >= 15 is 0 Å². The highest BCUT2D eigenvalue weighted by Crippen LogP contribution is 2.22. The summed E-state index contributed by atoms with van der Waals surface area (Å²) in [6, 6.07) is 10.1. The van der Waals surface area contributed by atoms with E-state index in [4.69, 9.17) is 0 Å². The van der Waals surface area contributed by atoms with E-state index in [1.165, 1.54) is 12.1 Å². The third-order valence-corrected chi connectivity index (χ3v) is 4.06. The number of pyridine rings is 2. The zero-order valence-corrected chi connectivity index (χ0v) is 13.5. The van der Waals surface area contributed by atoms with Gasteiger partial charge in [-0.1, -0.05) is 18.2 Å². The van der Waals surface area contributed by atoms with E-state index in [0.29, 0.717) is 23.3 Å². The number of nitrogens with one attached hydrogen (secondary N) is 1. The van der Waals surface area contributed by atoms with Crippen molar-refractivity contribution in [1.82, 2.24) is 19.5 Å². The Kier molecular flexibility index (Phi) is 3.65. The molecule has 0 aliphatic rings. The normalized spacial score (nSPS) is 11.1. The smallest absolute Gasteiger partial charge is 0.290 e. The molecule has 3 aromatic heterocycles. The van der Waals surface area contributed by atoms with Crippen LogP contribution in [0.3, 0.4) is 0 Å². The van der Waals surface area contributed by atoms with Crippen LogP contribution in [-0.2, 0) is 6.54 Å². The second kappa shape index (κ2) is 5.98. The molecule has 0 saturated heterocycles. The number of imidazole rings is 1. The molecule has 25 heavy (non-hydrogen) atoms. The first-order valence-electron chi connectivity index (χ1n) is 7.85. The van der Waals surface area contributed by atoms with Gasteiger partial charge in [-0.3, -0.25) is 14.5 Å². The first kappa shape index (κ1) is 15.3. The number of rotatable bonds is 3. The summed E-state index contributed by atoms with van der Waals surface area (Å²) < 4.78 is 15.1. The Bertz CT molecular complexity index is 1130. The van der Waals surface area contributed by atoms with Crippen LogP contribution in [0.5, 0.6) is 0 Å². The molecule has 0 fully saturated rings. The van der Waals surface area contributed by atoms with Crippen LogP contribution in [0.4, 0.5) is 4.39 Å². The number of benzene rings is 1. The number of hydrogen-bond acceptors (Lipinski definition) is 3. The zero-order chi connectivity index (χ0) is 17.4. The van der Waals surface area contributed by atoms with Crippen LogP contribution in [0.15, 0.2) is 59.8 Å². The highest BCUT2D eigenvalue weighted by atomic mass is 19.1. The minimum Gasteiger partial charge on any atom is -0.290 e. The molecule has 4 rings (SSSR count). The van der Waals surface area contributed by atoms with Crippen molar-refractivity contribution < 1.29 is 4.39 Å². The first-order chi connectivity index (χ1) is 12.1. The summed E-state index contributed by atoms with van der Waals surface area (Å²) in [5.74, 6) is -0.310. The molecule has 0 aliphatic heterocycles. The number of aromatic amines is 1. The van der Waals surface area contributed by atoms with Crippen molar-refractivity contribution in [2.24, 2.45) is 0 Å². The summed E-state index contributed by atoms with van der Waals surface area (Å²) in [5.41, 5.74) is 4.37. The number of H-pyrrole nitrogens is 1. The zero-order valence-electron chi connectivity index (χ0n) is 13.5. The van der Waals surface area contributed by atoms with E-state index in [2.05, 4.69) is 15.0 Å². The monoisotopic (exact) mass is 334 g/mol. The topological polar surface area (TPSA) is 63.6 Å². The van der Waals surface area contributed by atoms with E-state index < -0.39 is 0 Å². The molecule has 0 atom stereocenters. The van der Waals surface area contributed by atoms with Crippen LogP contribution in [-0.4, -0.2) is 19.5 Å². The first-order valence-corrected chi connectivity index (χ1v) is 7.85. The number of halogens is 1. The van der Waals surface area contributed by atoms with Crippen molar-refractivity contribution in [2.45, 2.75) is 13.5 Å². The lowest BCUT2D eigenvalue weighted by molar-refractivity contribution is 0.628. The van der Waals surface area contributed by atoms with Crippen molar-refractivity contribution in [3.8, 4) is 11.1 Å². The molecule has 6 heteroatoms. The summed E-state index contributed by atoms with van der Waals surface area (Å²) in [4.78, 5) is 23.6. The van der Waals surface area contributed by atoms with Crippen LogP contribution in [0.2, 0.25) is 0 Å². The van der Waals surface area contributed by atoms with E-state index in [9.17, 15) is 9.18 Å². The Hall–Kier alpha value is -3.28. The fraction of sp³-hybridized carbons (Fsp3) is 0.105. The van der Waals surface area contributed by atoms with Crippen molar-refractivity contribution in [3.05, 3.63) is 82.4 Å². The molecule has 0 spiro atoms. The summed E-state index contributed by atoms with van der Waals surface area (Å²) in [5, 5.41) is 0. The third-order valence-electron chi connectivity index (χ3n) is 4.06. The van der Waals surface area contributed by atoms with Gasteiger partial charge in [0, 0.05) is 24.2 Å². The molecule has 5 nitrogen and oxygen atoms in total. The van der Waals surface area contributed by atoms with Gasteiger partial charge in [0.05, 0.1) is 12.1 Å². The Morgan fingerprint density at radius 3 is 2.80 bits per heavy atom. The van der Waals surface area contributed by atoms with E-state index in [1.54, 1.807) is 29.2 Å². The van der Waals surface area contributed by atoms with Crippen LogP contribution in [0, 0.1) is 12.7 Å². The quantitative estimate of drug-likeness (QED) is 0.625. The van der Waals surface area contributed by atoms with Gasteiger partial charge in [0.25, 0.3) is 0 Å². The molecule has 0 saturated carbocycles. The lowest BCUT2D eigenvalue weighted by Gasteiger charge is -2.06. The number of aryl methyl sites for hydroxylation is 1. The molecule has 4 aromatic rings. The predicted octanol–water partition coefficient (Wildman–Crippen LogP) is 3.28. The molecule has 0 amide bonds. The van der Waals surface area contributed by atoms with Gasteiger partial charge in [-0.25, -0.2) is 14.2 Å². The van der Waals surface area contributed by atoms with Gasteiger partial charge in [-0.15, -0.1) is 0 Å². The summed E-state index contributed by atoms with van der Waals surface area (Å²) in [7, 11) is 0. The Balaban J connectivity index is 1.83. The van der Waals surface area contributed by atoms with Crippen LogP contribution < -0.4 is 5.69 Å². The van der Waals surface area contributed by atoms with E-state index in [1.807, 2.05) is 25.1 Å². The summed E-state index contributed by atoms with van der Waals surface area (Å²) in [6.45, 7) is 2.35. The van der Waals surface area contributed by atoms with Crippen molar-refractivity contribution in [3.63, 3.8) is 0 Å². The molecule has 124 valence electrons. The van der Waals surface area contributed by atoms with Crippen molar-refractivity contribution >= 4 is 11.2 Å². The second-order valence-corrected chi connectivity index (χ2v) is 5.99. The predicted molar refractivity (Wildman–Crippen MR) is 93.8 cm³/mol. The molecule has 0 aliphatic carbocycles. The maximum Gasteiger partial charge on any atom is 0.327 e. The van der Waals surface area contributed by atoms with Crippen LogP contribution in [0.25, 0.3) is 22.3 Å². The third kappa shape index (κ3) is 2.94. The lowest BCUT2D eigenvalue weighted by atomic mass is 10.1. The maximum absolute atomic E-state index is 13.5. The van der Waals surface area contributed by atoms with Gasteiger partial charge in [0.1, 0.15) is 5.82 Å². The number of aromatic nitrogens is 4. The molecule has 3 heterocycles. The second-order valence-electron chi connectivity index (χ2n) is 5.99. The fourth-order valence-corrected chi connectivity index (χ4v) is 2.90. The summed E-state index contributed by atoms with van der Waals surface area (Å²) >= 11 is 0. The molecule has 0 unspecified atom stereocenters. The molecule has 1 N–H and O–H groups in total. The Morgan fingerprint density at radius 1 is 1.12 bits per heavy atom. The van der Waals surface area contributed by atoms with Crippen LogP contribution in [0.1, 0.15) is 11.1 Å². The Morgan fingerprint density at radius 2 is 2.00 bits per heavy atom. The van der Waals surface area contributed by atoms with Crippen LogP contribution >= 0.6 is 0 Å². The molecule has 0 bridgehead atoms. The number of fused-ring (bicyclic) bond motifs is 1.